The van der Waals surface area contributed by atoms with E-state index in [1.807, 2.05) is 42.1 Å². The molecule has 2 fully saturated rings. The van der Waals surface area contributed by atoms with E-state index in [-0.39, 0.29) is 11.9 Å². The molecule has 0 spiro atoms. The van der Waals surface area contributed by atoms with Crippen LogP contribution in [0.3, 0.4) is 0 Å². The van der Waals surface area contributed by atoms with Crippen LogP contribution in [0.15, 0.2) is 47.1 Å². The number of hydrogen-bond donors (Lipinski definition) is 0. The molecule has 6 rings (SSSR count). The van der Waals surface area contributed by atoms with E-state index in [4.69, 9.17) is 32.5 Å². The summed E-state index contributed by atoms with van der Waals surface area (Å²) in [6.45, 7) is 6.92. The Balaban J connectivity index is 1.18. The van der Waals surface area contributed by atoms with Gasteiger partial charge in [-0.15, -0.1) is 0 Å². The number of hydrogen-bond acceptors (Lipinski definition) is 6. The molecule has 0 N–H and O–H groups in total. The highest BCUT2D eigenvalue weighted by molar-refractivity contribution is 6.39. The molecule has 2 aliphatic rings. The Morgan fingerprint density at radius 3 is 2.51 bits per heavy atom. The summed E-state index contributed by atoms with van der Waals surface area (Å²) in [7, 11) is 3.38. The Kier molecular flexibility index (Phi) is 7.08. The van der Waals surface area contributed by atoms with E-state index >= 15 is 0 Å². The summed E-state index contributed by atoms with van der Waals surface area (Å²) in [5, 5.41) is 6.58. The lowest BCUT2D eigenvalue weighted by molar-refractivity contribution is 0.0602. The molecule has 1 aliphatic heterocycles. The summed E-state index contributed by atoms with van der Waals surface area (Å²) in [5.74, 6) is 1.34. The summed E-state index contributed by atoms with van der Waals surface area (Å²) in [6.07, 6.45) is 4.11. The molecule has 7 nitrogen and oxygen atoms in total. The maximum Gasteiger partial charge on any atom is 0.340 e. The molecule has 1 unspecified atom stereocenters. The predicted molar refractivity (Wildman–Crippen MR) is 155 cm³/mol. The van der Waals surface area contributed by atoms with Crippen LogP contribution in [-0.4, -0.2) is 60.4 Å². The minimum absolute atomic E-state index is 0.220. The summed E-state index contributed by atoms with van der Waals surface area (Å²) < 4.78 is 12.9. The van der Waals surface area contributed by atoms with E-state index in [1.165, 1.54) is 12.8 Å². The number of halogens is 2. The third kappa shape index (κ3) is 4.92. The Morgan fingerprint density at radius 1 is 1.13 bits per heavy atom. The number of aryl methyl sites for hydroxylation is 1. The van der Waals surface area contributed by atoms with Crippen molar-refractivity contribution in [2.24, 2.45) is 7.05 Å². The number of nitrogens with zero attached hydrogens (tertiary/aromatic N) is 4. The molecular weight excluding hydrogens is 535 g/mol. The lowest BCUT2D eigenvalue weighted by Gasteiger charge is -2.37. The molecule has 0 amide bonds. The molecule has 3 heterocycles. The molecule has 0 radical (unpaired) electrons. The van der Waals surface area contributed by atoms with Gasteiger partial charge in [0.1, 0.15) is 11.5 Å². The number of benzene rings is 2. The number of methoxy groups -OCH3 is 1. The van der Waals surface area contributed by atoms with Gasteiger partial charge in [-0.25, -0.2) is 4.79 Å². The molecule has 0 bridgehead atoms. The van der Waals surface area contributed by atoms with Crippen molar-refractivity contribution in [1.82, 2.24) is 14.6 Å². The average molecular weight is 568 g/mol. The first-order valence-corrected chi connectivity index (χ1v) is 14.2. The molecule has 1 saturated heterocycles. The van der Waals surface area contributed by atoms with Gasteiger partial charge in [-0.05, 0) is 49.1 Å². The first-order chi connectivity index (χ1) is 18.9. The van der Waals surface area contributed by atoms with Crippen molar-refractivity contribution in [3.05, 3.63) is 69.5 Å². The van der Waals surface area contributed by atoms with Crippen molar-refractivity contribution in [1.29, 1.82) is 0 Å². The van der Waals surface area contributed by atoms with Crippen LogP contribution in [0, 0.1) is 0 Å². The Morgan fingerprint density at radius 2 is 1.85 bits per heavy atom. The lowest BCUT2D eigenvalue weighted by Crippen LogP contribution is -2.47. The maximum absolute atomic E-state index is 12.2. The average Bonchev–Trinajstić information content (AvgIpc) is 3.61. The number of ether oxygens (including phenoxy) is 1. The topological polar surface area (TPSA) is 63.7 Å². The number of rotatable bonds is 7. The van der Waals surface area contributed by atoms with Crippen LogP contribution < -0.4 is 4.90 Å². The van der Waals surface area contributed by atoms with Crippen molar-refractivity contribution >= 4 is 45.8 Å². The van der Waals surface area contributed by atoms with Crippen molar-refractivity contribution in [3.63, 3.8) is 0 Å². The molecule has 204 valence electrons. The third-order valence-electron chi connectivity index (χ3n) is 8.05. The van der Waals surface area contributed by atoms with E-state index in [0.717, 1.165) is 79.0 Å². The summed E-state index contributed by atoms with van der Waals surface area (Å²) in [4.78, 5) is 17.1. The van der Waals surface area contributed by atoms with Crippen LogP contribution in [0.1, 0.15) is 53.3 Å². The smallest absolute Gasteiger partial charge is 0.340 e. The van der Waals surface area contributed by atoms with Crippen molar-refractivity contribution in [2.45, 2.75) is 31.6 Å². The van der Waals surface area contributed by atoms with E-state index in [2.05, 4.69) is 34.0 Å². The Hall–Kier alpha value is -3.00. The summed E-state index contributed by atoms with van der Waals surface area (Å²) in [6, 6.07) is 11.9. The van der Waals surface area contributed by atoms with Crippen LogP contribution in [0.25, 0.3) is 22.2 Å². The second-order valence-corrected chi connectivity index (χ2v) is 11.5. The normalized spacial score (nSPS) is 17.1. The second kappa shape index (κ2) is 10.5. The van der Waals surface area contributed by atoms with Gasteiger partial charge in [0.25, 0.3) is 0 Å². The van der Waals surface area contributed by atoms with Crippen LogP contribution in [0.4, 0.5) is 5.69 Å². The highest BCUT2D eigenvalue weighted by Gasteiger charge is 2.36. The quantitative estimate of drug-likeness (QED) is 0.231. The highest BCUT2D eigenvalue weighted by Crippen LogP contribution is 2.48. The van der Waals surface area contributed by atoms with Crippen molar-refractivity contribution in [2.75, 3.05) is 44.7 Å². The largest absolute Gasteiger partial charge is 0.465 e. The first-order valence-electron chi connectivity index (χ1n) is 13.4. The summed E-state index contributed by atoms with van der Waals surface area (Å²) >= 11 is 13.2. The van der Waals surface area contributed by atoms with Gasteiger partial charge in [-0.3, -0.25) is 4.90 Å². The van der Waals surface area contributed by atoms with Crippen LogP contribution in [-0.2, 0) is 11.8 Å². The monoisotopic (exact) mass is 566 g/mol. The van der Waals surface area contributed by atoms with Crippen molar-refractivity contribution in [3.8, 4) is 11.3 Å². The van der Waals surface area contributed by atoms with Gasteiger partial charge in [-0.2, -0.15) is 0 Å². The highest BCUT2D eigenvalue weighted by atomic mass is 35.5. The number of esters is 1. The standard InChI is InChI=1S/C30H32Cl2N4O3/c1-18(26-28(33-39-29(26)19-7-8-19)27-23(31)5-4-6-24(27)32)16-35-11-13-36(14-12-35)20-9-10-21-22(30(37)38-3)17-34(2)25(21)15-20/h4-6,9-10,15,17-19H,7-8,11-14,16H2,1-3H3. The van der Waals surface area contributed by atoms with E-state index in [1.54, 1.807) is 0 Å². The first kappa shape index (κ1) is 26.2. The molecule has 4 aromatic rings. The Labute approximate surface area is 238 Å². The van der Waals surface area contributed by atoms with Crippen LogP contribution in [0.2, 0.25) is 10.0 Å². The minimum Gasteiger partial charge on any atom is -0.465 e. The summed E-state index contributed by atoms with van der Waals surface area (Å²) in [5.41, 5.74) is 5.46. The SMILES string of the molecule is COC(=O)c1cn(C)c2cc(N3CCN(CC(C)c4c(-c5c(Cl)cccc5Cl)noc4C4CC4)CC3)ccc12. The number of anilines is 1. The zero-order chi connectivity index (χ0) is 27.3. The van der Waals surface area contributed by atoms with Gasteiger partial charge in [0.05, 0.1) is 28.2 Å². The fourth-order valence-corrected chi connectivity index (χ4v) is 6.42. The minimum atomic E-state index is -0.311. The number of aromatic nitrogens is 2. The second-order valence-electron chi connectivity index (χ2n) is 10.7. The van der Waals surface area contributed by atoms with Crippen molar-refractivity contribution < 1.29 is 14.1 Å². The lowest BCUT2D eigenvalue weighted by atomic mass is 9.93. The maximum atomic E-state index is 12.2. The number of fused-ring (bicyclic) bond motifs is 1. The molecule has 1 saturated carbocycles. The van der Waals surface area contributed by atoms with Gasteiger partial charge < -0.3 is 18.7 Å². The van der Waals surface area contributed by atoms with Gasteiger partial charge in [0, 0.05) is 74.1 Å². The number of carbonyl (C=O) groups excluding carboxylic acids is 1. The molecule has 2 aromatic heterocycles. The third-order valence-corrected chi connectivity index (χ3v) is 8.68. The van der Waals surface area contributed by atoms with E-state index in [9.17, 15) is 4.79 Å². The molecule has 2 aromatic carbocycles. The van der Waals surface area contributed by atoms with Gasteiger partial charge >= 0.3 is 5.97 Å². The van der Waals surface area contributed by atoms with Crippen LogP contribution in [0.5, 0.6) is 0 Å². The molecule has 39 heavy (non-hydrogen) atoms. The number of piperazine rings is 1. The fourth-order valence-electron chi connectivity index (χ4n) is 5.84. The number of carbonyl (C=O) groups is 1. The van der Waals surface area contributed by atoms with E-state index in [0.29, 0.717) is 21.5 Å². The van der Waals surface area contributed by atoms with E-state index < -0.39 is 0 Å². The van der Waals surface area contributed by atoms with Gasteiger partial charge in [-0.1, -0.05) is 41.3 Å². The zero-order valence-corrected chi connectivity index (χ0v) is 23.9. The van der Waals surface area contributed by atoms with Gasteiger partial charge in [0.2, 0.25) is 0 Å². The molecule has 1 aliphatic carbocycles. The van der Waals surface area contributed by atoms with Gasteiger partial charge in [0.15, 0.2) is 0 Å². The molecular formula is C30H32Cl2N4O3. The zero-order valence-electron chi connectivity index (χ0n) is 22.4. The fraction of sp³-hybridized carbons (Fsp3) is 0.400. The Bertz CT molecular complexity index is 1510. The van der Waals surface area contributed by atoms with Crippen LogP contribution >= 0.6 is 23.2 Å². The molecule has 9 heteroatoms. The molecule has 1 atom stereocenters. The predicted octanol–water partition coefficient (Wildman–Crippen LogP) is 6.73.